The Morgan fingerprint density at radius 2 is 2.39 bits per heavy atom. The third kappa shape index (κ3) is 4.08. The largest absolute Gasteiger partial charge is 0.381 e. The summed E-state index contributed by atoms with van der Waals surface area (Å²) in [5.74, 6) is 0. The van der Waals surface area contributed by atoms with Gasteiger partial charge in [-0.05, 0) is 47.3 Å². The molecule has 0 aromatic heterocycles. The van der Waals surface area contributed by atoms with Gasteiger partial charge in [0.1, 0.15) is 0 Å². The summed E-state index contributed by atoms with van der Waals surface area (Å²) >= 11 is 5.85. The molecule has 0 saturated carbocycles. The molecule has 0 spiro atoms. The normalized spacial score (nSPS) is 20.9. The predicted octanol–water partition coefficient (Wildman–Crippen LogP) is 3.19. The number of ether oxygens (including phenoxy) is 1. The Hall–Kier alpha value is 0.150. The Morgan fingerprint density at radius 1 is 1.56 bits per heavy atom. The molecule has 5 heteroatoms. The number of nitrogens with zero attached hydrogens (tertiary/aromatic N) is 1. The zero-order valence-electron chi connectivity index (χ0n) is 10.5. The number of benzene rings is 1. The molecule has 0 radical (unpaired) electrons. The van der Waals surface area contributed by atoms with Crippen LogP contribution >= 0.6 is 38.5 Å². The number of morpholine rings is 1. The van der Waals surface area contributed by atoms with Crippen molar-refractivity contribution in [3.63, 3.8) is 0 Å². The lowest BCUT2D eigenvalue weighted by Gasteiger charge is -2.32. The van der Waals surface area contributed by atoms with Crippen molar-refractivity contribution >= 4 is 44.2 Å². The molecule has 0 aliphatic carbocycles. The molecule has 1 aliphatic rings. The number of anilines is 1. The van der Waals surface area contributed by atoms with Gasteiger partial charge in [-0.15, -0.1) is 0 Å². The van der Waals surface area contributed by atoms with Crippen molar-refractivity contribution in [1.82, 2.24) is 4.90 Å². The van der Waals surface area contributed by atoms with E-state index in [0.29, 0.717) is 0 Å². The van der Waals surface area contributed by atoms with E-state index >= 15 is 0 Å². The highest BCUT2D eigenvalue weighted by Crippen LogP contribution is 2.23. The van der Waals surface area contributed by atoms with Gasteiger partial charge in [-0.3, -0.25) is 4.90 Å². The van der Waals surface area contributed by atoms with Crippen molar-refractivity contribution in [2.75, 3.05) is 38.1 Å². The van der Waals surface area contributed by atoms with Gasteiger partial charge in [0.25, 0.3) is 0 Å². The number of nitrogens with one attached hydrogen (secondary N) is 1. The molecule has 100 valence electrons. The van der Waals surface area contributed by atoms with Crippen LogP contribution in [-0.2, 0) is 4.74 Å². The number of halogens is 2. The maximum Gasteiger partial charge on any atom is 0.0874 e. The molecule has 1 aliphatic heterocycles. The van der Waals surface area contributed by atoms with Crippen molar-refractivity contribution in [2.45, 2.75) is 13.0 Å². The Morgan fingerprint density at radius 3 is 3.17 bits per heavy atom. The van der Waals surface area contributed by atoms with E-state index in [1.54, 1.807) is 0 Å². The van der Waals surface area contributed by atoms with E-state index in [1.807, 2.05) is 0 Å². The van der Waals surface area contributed by atoms with Gasteiger partial charge in [-0.1, -0.05) is 22.9 Å². The summed E-state index contributed by atoms with van der Waals surface area (Å²) in [5, 5.41) is 3.48. The minimum absolute atomic E-state index is 0.286. The van der Waals surface area contributed by atoms with Gasteiger partial charge >= 0.3 is 0 Å². The molecule has 1 fully saturated rings. The molecule has 1 N–H and O–H groups in total. The SMILES string of the molecule is CCN1CCOC(CNc2cc(Br)ccc2I)C1. The van der Waals surface area contributed by atoms with Crippen molar-refractivity contribution < 1.29 is 4.74 Å². The van der Waals surface area contributed by atoms with Crippen molar-refractivity contribution in [3.05, 3.63) is 26.2 Å². The van der Waals surface area contributed by atoms with Crippen LogP contribution in [0.4, 0.5) is 5.69 Å². The average Bonchev–Trinajstić information content (AvgIpc) is 2.40. The molecule has 1 unspecified atom stereocenters. The summed E-state index contributed by atoms with van der Waals surface area (Å²) in [6, 6.07) is 6.28. The van der Waals surface area contributed by atoms with E-state index in [0.717, 1.165) is 37.3 Å². The van der Waals surface area contributed by atoms with Gasteiger partial charge in [-0.2, -0.15) is 0 Å². The van der Waals surface area contributed by atoms with Gasteiger partial charge in [-0.25, -0.2) is 0 Å². The van der Waals surface area contributed by atoms with Crippen molar-refractivity contribution in [2.24, 2.45) is 0 Å². The number of hydrogen-bond acceptors (Lipinski definition) is 3. The summed E-state index contributed by atoms with van der Waals surface area (Å²) in [5.41, 5.74) is 1.17. The Kier molecular flexibility index (Phi) is 5.72. The summed E-state index contributed by atoms with van der Waals surface area (Å²) in [6.07, 6.45) is 0.286. The monoisotopic (exact) mass is 424 g/mol. The number of likely N-dealkylation sites (N-methyl/N-ethyl adjacent to an activating group) is 1. The van der Waals surface area contributed by atoms with Crippen LogP contribution in [0, 0.1) is 3.57 Å². The highest BCUT2D eigenvalue weighted by atomic mass is 127. The second kappa shape index (κ2) is 7.07. The Balaban J connectivity index is 1.89. The molecule has 0 amide bonds. The zero-order chi connectivity index (χ0) is 13.0. The van der Waals surface area contributed by atoms with Crippen LogP contribution in [0.2, 0.25) is 0 Å². The minimum atomic E-state index is 0.286. The maximum absolute atomic E-state index is 5.78. The Labute approximate surface area is 131 Å². The summed E-state index contributed by atoms with van der Waals surface area (Å²) in [4.78, 5) is 2.43. The lowest BCUT2D eigenvalue weighted by molar-refractivity contribution is -0.0191. The molecule has 1 atom stereocenters. The van der Waals surface area contributed by atoms with Crippen molar-refractivity contribution in [3.8, 4) is 0 Å². The second-order valence-corrected chi connectivity index (χ2v) is 6.47. The Bertz CT molecular complexity index is 403. The first-order valence-electron chi connectivity index (χ1n) is 6.22. The van der Waals surface area contributed by atoms with Crippen LogP contribution in [0.3, 0.4) is 0 Å². The fourth-order valence-corrected chi connectivity index (χ4v) is 2.94. The van der Waals surface area contributed by atoms with Gasteiger partial charge in [0.2, 0.25) is 0 Å². The maximum atomic E-state index is 5.78. The molecule has 18 heavy (non-hydrogen) atoms. The van der Waals surface area contributed by atoms with Crippen molar-refractivity contribution in [1.29, 1.82) is 0 Å². The van der Waals surface area contributed by atoms with E-state index in [1.165, 1.54) is 9.26 Å². The topological polar surface area (TPSA) is 24.5 Å². The second-order valence-electron chi connectivity index (χ2n) is 4.39. The fourth-order valence-electron chi connectivity index (χ4n) is 2.05. The molecule has 2 rings (SSSR count). The molecule has 1 heterocycles. The van der Waals surface area contributed by atoms with Crippen LogP contribution < -0.4 is 5.32 Å². The molecule has 0 bridgehead atoms. The summed E-state index contributed by atoms with van der Waals surface area (Å²) in [7, 11) is 0. The molecule has 3 nitrogen and oxygen atoms in total. The fraction of sp³-hybridized carbons (Fsp3) is 0.538. The third-order valence-corrected chi connectivity index (χ3v) is 4.55. The summed E-state index contributed by atoms with van der Waals surface area (Å²) < 4.78 is 8.12. The minimum Gasteiger partial charge on any atom is -0.381 e. The van der Waals surface area contributed by atoms with Crippen LogP contribution in [0.15, 0.2) is 22.7 Å². The molecular formula is C13H18BrIN2O. The summed E-state index contributed by atoms with van der Waals surface area (Å²) in [6.45, 7) is 7.09. The number of hydrogen-bond donors (Lipinski definition) is 1. The first-order chi connectivity index (χ1) is 8.69. The van der Waals surface area contributed by atoms with E-state index in [2.05, 4.69) is 73.9 Å². The van der Waals surface area contributed by atoms with E-state index < -0.39 is 0 Å². The molecule has 1 saturated heterocycles. The molecule has 1 aromatic carbocycles. The van der Waals surface area contributed by atoms with E-state index in [4.69, 9.17) is 4.74 Å². The van der Waals surface area contributed by atoms with E-state index in [-0.39, 0.29) is 6.10 Å². The first kappa shape index (κ1) is 14.6. The lowest BCUT2D eigenvalue weighted by atomic mass is 10.2. The quantitative estimate of drug-likeness (QED) is 0.751. The highest BCUT2D eigenvalue weighted by molar-refractivity contribution is 14.1. The van der Waals surface area contributed by atoms with Gasteiger partial charge in [0.05, 0.1) is 12.7 Å². The first-order valence-corrected chi connectivity index (χ1v) is 8.09. The number of rotatable bonds is 4. The van der Waals surface area contributed by atoms with E-state index in [9.17, 15) is 0 Å². The predicted molar refractivity (Wildman–Crippen MR) is 87.2 cm³/mol. The molecular weight excluding hydrogens is 407 g/mol. The van der Waals surface area contributed by atoms with Crippen LogP contribution in [0.1, 0.15) is 6.92 Å². The van der Waals surface area contributed by atoms with Crippen LogP contribution in [0.5, 0.6) is 0 Å². The van der Waals surface area contributed by atoms with Gasteiger partial charge in [0.15, 0.2) is 0 Å². The molecule has 1 aromatic rings. The zero-order valence-corrected chi connectivity index (χ0v) is 14.2. The van der Waals surface area contributed by atoms with Gasteiger partial charge < -0.3 is 10.1 Å². The van der Waals surface area contributed by atoms with Crippen LogP contribution in [0.25, 0.3) is 0 Å². The third-order valence-electron chi connectivity index (χ3n) is 3.12. The van der Waals surface area contributed by atoms with Crippen LogP contribution in [-0.4, -0.2) is 43.8 Å². The highest BCUT2D eigenvalue weighted by Gasteiger charge is 2.19. The van der Waals surface area contributed by atoms with Gasteiger partial charge in [0, 0.05) is 33.4 Å². The standard InChI is InChI=1S/C13H18BrIN2O/c1-2-17-5-6-18-11(9-17)8-16-13-7-10(14)3-4-12(13)15/h3-4,7,11,16H,2,5-6,8-9H2,1H3. The lowest BCUT2D eigenvalue weighted by Crippen LogP contribution is -2.45. The average molecular weight is 425 g/mol. The smallest absolute Gasteiger partial charge is 0.0874 e.